The van der Waals surface area contributed by atoms with E-state index < -0.39 is 0 Å². The van der Waals surface area contributed by atoms with E-state index in [1.165, 1.54) is 23.8 Å². The number of nitrogens with zero attached hydrogens (tertiary/aromatic N) is 2. The third-order valence-electron chi connectivity index (χ3n) is 7.47. The number of aromatic hydroxyl groups is 1. The number of hydrogen-bond donors (Lipinski definition) is 1. The molecule has 202 valence electrons. The monoisotopic (exact) mass is 528 g/mol. The van der Waals surface area contributed by atoms with E-state index in [2.05, 4.69) is 28.9 Å². The molecular formula is C33H34F2N2O2. The fourth-order valence-corrected chi connectivity index (χ4v) is 5.31. The first kappa shape index (κ1) is 26.7. The molecule has 39 heavy (non-hydrogen) atoms. The average molecular weight is 529 g/mol. The maximum atomic E-state index is 14.0. The highest BCUT2D eigenvalue weighted by molar-refractivity contribution is 5.53. The van der Waals surface area contributed by atoms with E-state index in [9.17, 15) is 13.9 Å². The molecule has 0 radical (unpaired) electrons. The summed E-state index contributed by atoms with van der Waals surface area (Å²) in [6.45, 7) is 5.42. The van der Waals surface area contributed by atoms with Crippen molar-refractivity contribution in [2.45, 2.75) is 32.4 Å². The predicted molar refractivity (Wildman–Crippen MR) is 151 cm³/mol. The Morgan fingerprint density at radius 3 is 2.46 bits per heavy atom. The molecule has 0 fully saturated rings. The summed E-state index contributed by atoms with van der Waals surface area (Å²) < 4.78 is 33.7. The lowest BCUT2D eigenvalue weighted by Crippen LogP contribution is -2.36. The highest BCUT2D eigenvalue weighted by atomic mass is 19.1. The topological polar surface area (TPSA) is 35.9 Å². The van der Waals surface area contributed by atoms with E-state index in [-0.39, 0.29) is 23.4 Å². The quantitative estimate of drug-likeness (QED) is 0.242. The van der Waals surface area contributed by atoms with Crippen molar-refractivity contribution in [3.8, 4) is 11.5 Å². The van der Waals surface area contributed by atoms with Crippen LogP contribution in [0.25, 0.3) is 0 Å². The van der Waals surface area contributed by atoms with Crippen LogP contribution in [-0.4, -0.2) is 36.2 Å². The van der Waals surface area contributed by atoms with E-state index in [1.54, 1.807) is 12.1 Å². The molecule has 0 spiro atoms. The van der Waals surface area contributed by atoms with Crippen LogP contribution < -0.4 is 9.64 Å². The van der Waals surface area contributed by atoms with Crippen molar-refractivity contribution in [1.29, 1.82) is 0 Å². The van der Waals surface area contributed by atoms with Gasteiger partial charge in [-0.05, 0) is 90.7 Å². The largest absolute Gasteiger partial charge is 0.508 e. The summed E-state index contributed by atoms with van der Waals surface area (Å²) in [5, 5.41) is 10.0. The van der Waals surface area contributed by atoms with Crippen molar-refractivity contribution in [2.75, 3.05) is 31.1 Å². The van der Waals surface area contributed by atoms with E-state index >= 15 is 0 Å². The van der Waals surface area contributed by atoms with Crippen LogP contribution in [0.15, 0.2) is 91.0 Å². The first-order valence-electron chi connectivity index (χ1n) is 13.5. The molecule has 1 heterocycles. The van der Waals surface area contributed by atoms with Gasteiger partial charge in [-0.15, -0.1) is 0 Å². The van der Waals surface area contributed by atoms with Crippen LogP contribution in [-0.2, 0) is 19.4 Å². The molecule has 1 atom stereocenters. The molecule has 0 aliphatic carbocycles. The molecule has 1 N–H and O–H groups in total. The van der Waals surface area contributed by atoms with E-state index in [1.807, 2.05) is 48.5 Å². The van der Waals surface area contributed by atoms with Crippen molar-refractivity contribution in [3.05, 3.63) is 125 Å². The Hall–Kier alpha value is -3.90. The summed E-state index contributed by atoms with van der Waals surface area (Å²) in [7, 11) is 0. The van der Waals surface area contributed by atoms with E-state index in [4.69, 9.17) is 4.74 Å². The fraction of sp³-hybridized carbons (Fsp3) is 0.273. The van der Waals surface area contributed by atoms with Crippen molar-refractivity contribution < 1.29 is 18.6 Å². The Kier molecular flexibility index (Phi) is 8.42. The van der Waals surface area contributed by atoms with Gasteiger partial charge in [-0.3, -0.25) is 4.90 Å². The molecule has 0 saturated carbocycles. The number of rotatable bonds is 10. The maximum Gasteiger partial charge on any atom is 0.127 e. The van der Waals surface area contributed by atoms with Gasteiger partial charge in [0.1, 0.15) is 29.7 Å². The molecule has 6 heteroatoms. The van der Waals surface area contributed by atoms with Crippen LogP contribution in [0.3, 0.4) is 0 Å². The molecule has 4 nitrogen and oxygen atoms in total. The van der Waals surface area contributed by atoms with Gasteiger partial charge >= 0.3 is 0 Å². The number of hydrogen-bond acceptors (Lipinski definition) is 4. The van der Waals surface area contributed by atoms with Crippen molar-refractivity contribution in [1.82, 2.24) is 4.90 Å². The van der Waals surface area contributed by atoms with Gasteiger partial charge in [0.25, 0.3) is 0 Å². The smallest absolute Gasteiger partial charge is 0.127 e. The SMILES string of the molecule is CCN(CCOc1ccc(CC2c3ccc(O)cc3CCN2c2ccc(F)cc2)cc1)Cc1ccccc1F. The molecule has 0 aromatic heterocycles. The number of halogens is 2. The first-order valence-corrected chi connectivity index (χ1v) is 13.5. The molecule has 0 bridgehead atoms. The zero-order chi connectivity index (χ0) is 27.2. The molecule has 4 aromatic rings. The van der Waals surface area contributed by atoms with E-state index in [0.717, 1.165) is 48.5 Å². The Bertz CT molecular complexity index is 1380. The number of fused-ring (bicyclic) bond motifs is 1. The molecule has 0 amide bonds. The van der Waals surface area contributed by atoms with Gasteiger partial charge in [-0.2, -0.15) is 0 Å². The lowest BCUT2D eigenvalue weighted by molar-refractivity contribution is 0.208. The van der Waals surface area contributed by atoms with Gasteiger partial charge in [0.15, 0.2) is 0 Å². The summed E-state index contributed by atoms with van der Waals surface area (Å²) in [5.74, 6) is 0.648. The Morgan fingerprint density at radius 1 is 0.949 bits per heavy atom. The van der Waals surface area contributed by atoms with Gasteiger partial charge in [-0.1, -0.05) is 43.3 Å². The molecule has 1 unspecified atom stereocenters. The minimum atomic E-state index is -0.248. The van der Waals surface area contributed by atoms with Gasteiger partial charge in [0.05, 0.1) is 6.04 Å². The summed E-state index contributed by atoms with van der Waals surface area (Å²) in [6.07, 6.45) is 1.58. The molecule has 1 aliphatic rings. The minimum Gasteiger partial charge on any atom is -0.508 e. The highest BCUT2D eigenvalue weighted by Gasteiger charge is 2.28. The standard InChI is InChI=1S/C33H34F2N2O2/c1-2-36(23-26-5-3-4-6-32(26)35)19-20-39-30-14-7-24(8-15-30)21-33-31-16-13-29(38)22-25(31)17-18-37(33)28-11-9-27(34)10-12-28/h3-16,22,33,38H,2,17-21,23H2,1H3. The second-order valence-electron chi connectivity index (χ2n) is 9.98. The van der Waals surface area contributed by atoms with Crippen LogP contribution in [0.2, 0.25) is 0 Å². The highest BCUT2D eigenvalue weighted by Crippen LogP contribution is 2.37. The fourth-order valence-electron chi connectivity index (χ4n) is 5.31. The average Bonchev–Trinajstić information content (AvgIpc) is 2.95. The van der Waals surface area contributed by atoms with Crippen molar-refractivity contribution >= 4 is 5.69 Å². The third-order valence-corrected chi connectivity index (χ3v) is 7.47. The normalized spacial score (nSPS) is 14.9. The number of ether oxygens (including phenoxy) is 1. The van der Waals surface area contributed by atoms with Crippen LogP contribution in [0.1, 0.15) is 35.2 Å². The van der Waals surface area contributed by atoms with Gasteiger partial charge in [0, 0.05) is 30.9 Å². The van der Waals surface area contributed by atoms with E-state index in [0.29, 0.717) is 25.3 Å². The lowest BCUT2D eigenvalue weighted by atomic mass is 9.88. The first-order chi connectivity index (χ1) is 19.0. The Labute approximate surface area is 229 Å². The second-order valence-corrected chi connectivity index (χ2v) is 9.98. The van der Waals surface area contributed by atoms with Crippen LogP contribution in [0.4, 0.5) is 14.5 Å². The Balaban J connectivity index is 1.24. The van der Waals surface area contributed by atoms with Crippen LogP contribution in [0.5, 0.6) is 11.5 Å². The molecule has 0 saturated heterocycles. The number of anilines is 1. The van der Waals surface area contributed by atoms with Crippen molar-refractivity contribution in [2.24, 2.45) is 0 Å². The second kappa shape index (κ2) is 12.3. The number of benzene rings is 4. The van der Waals surface area contributed by atoms with Crippen LogP contribution >= 0.6 is 0 Å². The summed E-state index contributed by atoms with van der Waals surface area (Å²) in [6, 6.07) is 27.4. The predicted octanol–water partition coefficient (Wildman–Crippen LogP) is 6.92. The number of phenols is 1. The van der Waals surface area contributed by atoms with Gasteiger partial charge < -0.3 is 14.7 Å². The number of phenolic OH excluding ortho intramolecular Hbond substituents is 1. The third kappa shape index (κ3) is 6.58. The molecule has 4 aromatic carbocycles. The zero-order valence-corrected chi connectivity index (χ0v) is 22.2. The molecule has 5 rings (SSSR count). The lowest BCUT2D eigenvalue weighted by Gasteiger charge is -2.39. The molecular weight excluding hydrogens is 494 g/mol. The number of likely N-dealkylation sites (N-methyl/N-ethyl adjacent to an activating group) is 1. The molecule has 1 aliphatic heterocycles. The van der Waals surface area contributed by atoms with Gasteiger partial charge in [-0.25, -0.2) is 8.78 Å². The summed E-state index contributed by atoms with van der Waals surface area (Å²) in [4.78, 5) is 4.48. The van der Waals surface area contributed by atoms with Crippen LogP contribution in [0, 0.1) is 11.6 Å². The van der Waals surface area contributed by atoms with Gasteiger partial charge in [0.2, 0.25) is 0 Å². The van der Waals surface area contributed by atoms with Crippen molar-refractivity contribution in [3.63, 3.8) is 0 Å². The zero-order valence-electron chi connectivity index (χ0n) is 22.2. The summed E-state index contributed by atoms with van der Waals surface area (Å²) >= 11 is 0. The Morgan fingerprint density at radius 2 is 1.72 bits per heavy atom. The minimum absolute atomic E-state index is 0.0584. The maximum absolute atomic E-state index is 14.0. The summed E-state index contributed by atoms with van der Waals surface area (Å²) in [5.41, 5.74) is 5.16.